The summed E-state index contributed by atoms with van der Waals surface area (Å²) in [7, 11) is 0. The number of hydrogen-bond donors (Lipinski definition) is 1. The maximum atomic E-state index is 12.3. The van der Waals surface area contributed by atoms with Crippen LogP contribution in [0.1, 0.15) is 29.4 Å². The van der Waals surface area contributed by atoms with Gasteiger partial charge in [-0.15, -0.1) is 11.8 Å². The smallest absolute Gasteiger partial charge is 0.252 e. The van der Waals surface area contributed by atoms with Crippen LogP contribution in [-0.2, 0) is 10.5 Å². The largest absolute Gasteiger partial charge is 0.316 e. The molecule has 0 spiro atoms. The fraction of sp³-hybridized carbons (Fsp3) is 0.217. The van der Waals surface area contributed by atoms with Gasteiger partial charge in [0.15, 0.2) is 0 Å². The Kier molecular flexibility index (Phi) is 7.64. The number of aromatic nitrogens is 1. The number of nitrogens with one attached hydrogen (secondary N) is 1. The topological polar surface area (TPSA) is 46.4 Å². The van der Waals surface area contributed by atoms with E-state index in [2.05, 4.69) is 22.7 Å². The van der Waals surface area contributed by atoms with Crippen molar-refractivity contribution in [3.63, 3.8) is 0 Å². The number of nitrogens with zero attached hydrogens (tertiary/aromatic N) is 2. The van der Waals surface area contributed by atoms with E-state index < -0.39 is 0 Å². The number of rotatable bonds is 7. The first kappa shape index (κ1) is 22.5. The minimum atomic E-state index is -0.208. The molecule has 1 heterocycles. The van der Waals surface area contributed by atoms with Crippen molar-refractivity contribution in [3.05, 3.63) is 87.2 Å². The Hall–Kier alpha value is -2.21. The Bertz CT molecular complexity index is 1060. The van der Waals surface area contributed by atoms with Crippen LogP contribution in [0.4, 0.5) is 0 Å². The summed E-state index contributed by atoms with van der Waals surface area (Å²) in [5, 5.41) is 5.18. The SMILES string of the molecule is Cc1cc(/C=N/NC(=O)C(C)SCc2ccccc2)c(C)n1-c1cc(Cl)ccc1Cl. The second kappa shape index (κ2) is 10.2. The van der Waals surface area contributed by atoms with Gasteiger partial charge in [-0.1, -0.05) is 53.5 Å². The van der Waals surface area contributed by atoms with Crippen molar-refractivity contribution in [2.75, 3.05) is 0 Å². The molecule has 0 aliphatic heterocycles. The number of carbonyl (C=O) groups is 1. The van der Waals surface area contributed by atoms with E-state index in [9.17, 15) is 4.79 Å². The molecule has 1 unspecified atom stereocenters. The Labute approximate surface area is 191 Å². The number of benzene rings is 2. The van der Waals surface area contributed by atoms with Crippen LogP contribution in [0.5, 0.6) is 0 Å². The molecule has 1 amide bonds. The van der Waals surface area contributed by atoms with Crippen molar-refractivity contribution in [2.45, 2.75) is 31.8 Å². The highest BCUT2D eigenvalue weighted by Crippen LogP contribution is 2.28. The molecular weight excluding hydrogens is 437 g/mol. The van der Waals surface area contributed by atoms with Crippen LogP contribution in [0.15, 0.2) is 59.7 Å². The normalized spacial score (nSPS) is 12.3. The second-order valence-corrected chi connectivity index (χ2v) is 9.10. The molecule has 0 fully saturated rings. The van der Waals surface area contributed by atoms with Crippen LogP contribution in [0, 0.1) is 13.8 Å². The van der Waals surface area contributed by atoms with Crippen LogP contribution >= 0.6 is 35.0 Å². The van der Waals surface area contributed by atoms with Crippen molar-refractivity contribution in [2.24, 2.45) is 5.10 Å². The highest BCUT2D eigenvalue weighted by atomic mass is 35.5. The van der Waals surface area contributed by atoms with Crippen molar-refractivity contribution >= 4 is 47.1 Å². The lowest BCUT2D eigenvalue weighted by Gasteiger charge is -2.12. The number of halogens is 2. The van der Waals surface area contributed by atoms with Gasteiger partial charge in [0.25, 0.3) is 5.91 Å². The Morgan fingerprint density at radius 2 is 1.90 bits per heavy atom. The first-order chi connectivity index (χ1) is 14.4. The number of aryl methyl sites for hydroxylation is 1. The van der Waals surface area contributed by atoms with Gasteiger partial charge in [-0.05, 0) is 50.6 Å². The summed E-state index contributed by atoms with van der Waals surface area (Å²) >= 11 is 14.1. The molecular formula is C23H23Cl2N3OS. The van der Waals surface area contributed by atoms with E-state index in [1.165, 1.54) is 5.56 Å². The molecule has 7 heteroatoms. The maximum Gasteiger partial charge on any atom is 0.252 e. The molecule has 0 aliphatic carbocycles. The quantitative estimate of drug-likeness (QED) is 0.338. The third kappa shape index (κ3) is 5.48. The molecule has 1 N–H and O–H groups in total. The average Bonchev–Trinajstić information content (AvgIpc) is 3.01. The average molecular weight is 460 g/mol. The zero-order chi connectivity index (χ0) is 21.7. The van der Waals surface area contributed by atoms with Crippen molar-refractivity contribution in [3.8, 4) is 5.69 Å². The van der Waals surface area contributed by atoms with Gasteiger partial charge in [0.1, 0.15) is 0 Å². The molecule has 0 radical (unpaired) electrons. The third-order valence-corrected chi connectivity index (χ3v) is 6.48. The van der Waals surface area contributed by atoms with Crippen LogP contribution in [0.2, 0.25) is 10.0 Å². The third-order valence-electron chi connectivity index (χ3n) is 4.71. The lowest BCUT2D eigenvalue weighted by atomic mass is 10.2. The van der Waals surface area contributed by atoms with E-state index in [-0.39, 0.29) is 11.2 Å². The van der Waals surface area contributed by atoms with E-state index in [4.69, 9.17) is 23.2 Å². The number of hydrazone groups is 1. The monoisotopic (exact) mass is 459 g/mol. The molecule has 1 aromatic heterocycles. The molecule has 0 saturated heterocycles. The van der Waals surface area contributed by atoms with E-state index in [0.717, 1.165) is 28.4 Å². The minimum absolute atomic E-state index is 0.126. The van der Waals surface area contributed by atoms with E-state index in [1.807, 2.05) is 55.7 Å². The van der Waals surface area contributed by atoms with Gasteiger partial charge in [-0.25, -0.2) is 5.43 Å². The highest BCUT2D eigenvalue weighted by molar-refractivity contribution is 7.99. The molecule has 30 heavy (non-hydrogen) atoms. The molecule has 0 bridgehead atoms. The molecule has 3 rings (SSSR count). The Balaban J connectivity index is 1.65. The number of hydrogen-bond acceptors (Lipinski definition) is 3. The maximum absolute atomic E-state index is 12.3. The fourth-order valence-electron chi connectivity index (χ4n) is 3.07. The first-order valence-electron chi connectivity index (χ1n) is 9.49. The van der Waals surface area contributed by atoms with E-state index >= 15 is 0 Å². The summed E-state index contributed by atoms with van der Waals surface area (Å²) in [4.78, 5) is 12.3. The van der Waals surface area contributed by atoms with Crippen LogP contribution < -0.4 is 5.43 Å². The van der Waals surface area contributed by atoms with Gasteiger partial charge >= 0.3 is 0 Å². The lowest BCUT2D eigenvalue weighted by Crippen LogP contribution is -2.27. The highest BCUT2D eigenvalue weighted by Gasteiger charge is 2.14. The van der Waals surface area contributed by atoms with Crippen molar-refractivity contribution in [1.29, 1.82) is 0 Å². The number of carbonyl (C=O) groups excluding carboxylic acids is 1. The molecule has 2 aromatic carbocycles. The summed E-state index contributed by atoms with van der Waals surface area (Å²) in [5.74, 6) is 0.652. The standard InChI is InChI=1S/C23H23Cl2N3OS/c1-15-11-19(16(2)28(15)22-12-20(24)9-10-21(22)25)13-26-27-23(29)17(3)30-14-18-7-5-4-6-8-18/h4-13,17H,14H2,1-3H3,(H,27,29)/b26-13+. The predicted molar refractivity (Wildman–Crippen MR) is 128 cm³/mol. The first-order valence-corrected chi connectivity index (χ1v) is 11.3. The molecule has 0 aliphatic rings. The minimum Gasteiger partial charge on any atom is -0.316 e. The summed E-state index contributed by atoms with van der Waals surface area (Å²) < 4.78 is 2.02. The van der Waals surface area contributed by atoms with Gasteiger partial charge < -0.3 is 4.57 Å². The molecule has 1 atom stereocenters. The Morgan fingerprint density at radius 1 is 1.17 bits per heavy atom. The number of thioether (sulfide) groups is 1. The summed E-state index contributed by atoms with van der Waals surface area (Å²) in [6.45, 7) is 5.85. The van der Waals surface area contributed by atoms with E-state index in [1.54, 1.807) is 30.1 Å². The summed E-state index contributed by atoms with van der Waals surface area (Å²) in [5.41, 5.74) is 7.50. The zero-order valence-corrected chi connectivity index (χ0v) is 19.4. The van der Waals surface area contributed by atoms with Crippen LogP contribution in [0.3, 0.4) is 0 Å². The predicted octanol–water partition coefficient (Wildman–Crippen LogP) is 6.17. The second-order valence-electron chi connectivity index (χ2n) is 6.93. The molecule has 156 valence electrons. The van der Waals surface area contributed by atoms with Gasteiger partial charge in [0, 0.05) is 27.7 Å². The van der Waals surface area contributed by atoms with Gasteiger partial charge in [-0.2, -0.15) is 5.10 Å². The zero-order valence-electron chi connectivity index (χ0n) is 17.0. The molecule has 4 nitrogen and oxygen atoms in total. The van der Waals surface area contributed by atoms with Crippen molar-refractivity contribution in [1.82, 2.24) is 9.99 Å². The summed E-state index contributed by atoms with van der Waals surface area (Å²) in [6.07, 6.45) is 1.66. The van der Waals surface area contributed by atoms with Gasteiger partial charge in [-0.3, -0.25) is 4.79 Å². The van der Waals surface area contributed by atoms with Crippen LogP contribution in [0.25, 0.3) is 5.69 Å². The summed E-state index contributed by atoms with van der Waals surface area (Å²) in [6, 6.07) is 17.5. The lowest BCUT2D eigenvalue weighted by molar-refractivity contribution is -0.120. The fourth-order valence-corrected chi connectivity index (χ4v) is 4.28. The Morgan fingerprint density at radius 3 is 2.63 bits per heavy atom. The van der Waals surface area contributed by atoms with Gasteiger partial charge in [0.2, 0.25) is 0 Å². The molecule has 3 aromatic rings. The van der Waals surface area contributed by atoms with Crippen molar-refractivity contribution < 1.29 is 4.79 Å². The van der Waals surface area contributed by atoms with Gasteiger partial charge in [0.05, 0.1) is 22.2 Å². The molecule has 0 saturated carbocycles. The van der Waals surface area contributed by atoms with Crippen LogP contribution in [-0.4, -0.2) is 21.9 Å². The van der Waals surface area contributed by atoms with E-state index in [0.29, 0.717) is 10.0 Å². The number of amides is 1.